The Labute approximate surface area is 78.8 Å². The summed E-state index contributed by atoms with van der Waals surface area (Å²) >= 11 is 0. The summed E-state index contributed by atoms with van der Waals surface area (Å²) in [6, 6.07) is 0. The van der Waals surface area contributed by atoms with Crippen LogP contribution in [0.3, 0.4) is 0 Å². The molecule has 3 nitrogen and oxygen atoms in total. The van der Waals surface area contributed by atoms with Gasteiger partial charge in [-0.1, -0.05) is 19.8 Å². The van der Waals surface area contributed by atoms with Crippen molar-refractivity contribution in [3.63, 3.8) is 0 Å². The Balaban J connectivity index is 2.96. The first kappa shape index (κ1) is 10.5. The van der Waals surface area contributed by atoms with Crippen LogP contribution in [-0.4, -0.2) is 21.8 Å². The van der Waals surface area contributed by atoms with Crippen molar-refractivity contribution in [3.05, 3.63) is 0 Å². The molecule has 0 saturated heterocycles. The lowest BCUT2D eigenvalue weighted by atomic mass is 9.63. The van der Waals surface area contributed by atoms with E-state index in [1.165, 1.54) is 0 Å². The second-order valence-corrected chi connectivity index (χ2v) is 4.23. The van der Waals surface area contributed by atoms with Crippen LogP contribution in [0.25, 0.3) is 0 Å². The predicted molar refractivity (Wildman–Crippen MR) is 49.5 cm³/mol. The first-order valence-corrected chi connectivity index (χ1v) is 4.92. The zero-order valence-corrected chi connectivity index (χ0v) is 8.34. The molecule has 0 aromatic carbocycles. The number of hydrogen-bond donors (Lipinski definition) is 2. The average Bonchev–Trinajstić information content (AvgIpc) is 2.10. The summed E-state index contributed by atoms with van der Waals surface area (Å²) in [7, 11) is 0. The fourth-order valence-electron chi connectivity index (χ4n) is 2.28. The van der Waals surface area contributed by atoms with Crippen molar-refractivity contribution in [1.29, 1.82) is 0 Å². The summed E-state index contributed by atoms with van der Waals surface area (Å²) in [4.78, 5) is 11.1. The predicted octanol–water partition coefficient (Wildman–Crippen LogP) is 1.79. The molecule has 1 aliphatic rings. The van der Waals surface area contributed by atoms with Crippen LogP contribution >= 0.6 is 0 Å². The molecular formula is C10H18O3. The summed E-state index contributed by atoms with van der Waals surface area (Å²) in [5.74, 6) is -0.864. The molecule has 2 unspecified atom stereocenters. The van der Waals surface area contributed by atoms with Gasteiger partial charge < -0.3 is 10.2 Å². The number of aliphatic hydroxyl groups is 1. The summed E-state index contributed by atoms with van der Waals surface area (Å²) in [6.45, 7) is 3.52. The lowest BCUT2D eigenvalue weighted by molar-refractivity contribution is -0.175. The van der Waals surface area contributed by atoms with Gasteiger partial charge in [0.15, 0.2) is 0 Å². The van der Waals surface area contributed by atoms with Crippen molar-refractivity contribution in [2.24, 2.45) is 5.41 Å². The molecule has 0 amide bonds. The Bertz CT molecular complexity index is 214. The van der Waals surface area contributed by atoms with E-state index in [9.17, 15) is 9.90 Å². The highest BCUT2D eigenvalue weighted by Crippen LogP contribution is 2.46. The van der Waals surface area contributed by atoms with Gasteiger partial charge in [-0.05, 0) is 26.2 Å². The zero-order chi connectivity index (χ0) is 10.1. The van der Waals surface area contributed by atoms with Gasteiger partial charge in [-0.25, -0.2) is 0 Å². The minimum Gasteiger partial charge on any atom is -0.481 e. The van der Waals surface area contributed by atoms with E-state index in [4.69, 9.17) is 5.11 Å². The second kappa shape index (κ2) is 3.29. The van der Waals surface area contributed by atoms with Gasteiger partial charge in [-0.15, -0.1) is 0 Å². The molecule has 1 aliphatic carbocycles. The first-order valence-electron chi connectivity index (χ1n) is 4.92. The molecule has 0 bridgehead atoms. The number of aliphatic carboxylic acids is 1. The van der Waals surface area contributed by atoms with E-state index in [1.807, 2.05) is 6.92 Å². The van der Waals surface area contributed by atoms with Gasteiger partial charge in [0.25, 0.3) is 0 Å². The van der Waals surface area contributed by atoms with E-state index in [-0.39, 0.29) is 0 Å². The number of hydrogen-bond acceptors (Lipinski definition) is 2. The van der Waals surface area contributed by atoms with Crippen molar-refractivity contribution in [1.82, 2.24) is 0 Å². The highest BCUT2D eigenvalue weighted by Gasteiger charge is 2.52. The van der Waals surface area contributed by atoms with E-state index >= 15 is 0 Å². The topological polar surface area (TPSA) is 57.5 Å². The lowest BCUT2D eigenvalue weighted by Crippen LogP contribution is -2.53. The van der Waals surface area contributed by atoms with Crippen LogP contribution in [-0.2, 0) is 4.79 Å². The van der Waals surface area contributed by atoms with Gasteiger partial charge in [-0.3, -0.25) is 4.79 Å². The first-order chi connectivity index (χ1) is 5.96. The van der Waals surface area contributed by atoms with Crippen LogP contribution in [0.15, 0.2) is 0 Å². The van der Waals surface area contributed by atoms with Crippen molar-refractivity contribution >= 4 is 5.97 Å². The maximum absolute atomic E-state index is 11.1. The highest BCUT2D eigenvalue weighted by molar-refractivity contribution is 5.76. The molecule has 1 fully saturated rings. The van der Waals surface area contributed by atoms with Gasteiger partial charge in [0.05, 0.1) is 11.0 Å². The van der Waals surface area contributed by atoms with Crippen LogP contribution in [0.2, 0.25) is 0 Å². The monoisotopic (exact) mass is 186 g/mol. The van der Waals surface area contributed by atoms with Crippen LogP contribution in [0.5, 0.6) is 0 Å². The minimum absolute atomic E-state index is 0.524. The fraction of sp³-hybridized carbons (Fsp3) is 0.900. The minimum atomic E-state index is -1.00. The molecule has 1 rings (SSSR count). The van der Waals surface area contributed by atoms with Gasteiger partial charge >= 0.3 is 5.97 Å². The summed E-state index contributed by atoms with van der Waals surface area (Å²) in [5.41, 5.74) is -1.95. The van der Waals surface area contributed by atoms with Crippen LogP contribution in [0, 0.1) is 5.41 Å². The fourth-order valence-corrected chi connectivity index (χ4v) is 2.28. The van der Waals surface area contributed by atoms with Gasteiger partial charge in [0.1, 0.15) is 0 Å². The van der Waals surface area contributed by atoms with Crippen LogP contribution in [0.4, 0.5) is 0 Å². The number of carbonyl (C=O) groups is 1. The number of rotatable bonds is 2. The maximum Gasteiger partial charge on any atom is 0.312 e. The Morgan fingerprint density at radius 3 is 2.31 bits per heavy atom. The molecule has 0 heterocycles. The maximum atomic E-state index is 11.1. The van der Waals surface area contributed by atoms with E-state index in [1.54, 1.807) is 6.92 Å². The lowest BCUT2D eigenvalue weighted by Gasteiger charge is -2.45. The SMILES string of the molecule is CCC1(O)CCCCC1(C)C(=O)O. The van der Waals surface area contributed by atoms with Crippen LogP contribution in [0.1, 0.15) is 46.0 Å². The third kappa shape index (κ3) is 1.46. The Hall–Kier alpha value is -0.570. The molecule has 1 saturated carbocycles. The molecule has 0 radical (unpaired) electrons. The molecule has 0 aliphatic heterocycles. The smallest absolute Gasteiger partial charge is 0.312 e. The van der Waals surface area contributed by atoms with E-state index in [2.05, 4.69) is 0 Å². The van der Waals surface area contributed by atoms with E-state index < -0.39 is 17.0 Å². The normalized spacial score (nSPS) is 40.2. The zero-order valence-electron chi connectivity index (χ0n) is 8.34. The number of carboxylic acids is 1. The second-order valence-electron chi connectivity index (χ2n) is 4.23. The Morgan fingerprint density at radius 2 is 1.92 bits per heavy atom. The summed E-state index contributed by atoms with van der Waals surface area (Å²) < 4.78 is 0. The molecule has 0 spiro atoms. The van der Waals surface area contributed by atoms with Gasteiger partial charge in [0.2, 0.25) is 0 Å². The summed E-state index contributed by atoms with van der Waals surface area (Å²) in [6.07, 6.45) is 3.58. The van der Waals surface area contributed by atoms with Crippen molar-refractivity contribution < 1.29 is 15.0 Å². The van der Waals surface area contributed by atoms with Crippen molar-refractivity contribution in [3.8, 4) is 0 Å². The van der Waals surface area contributed by atoms with Gasteiger partial charge in [0, 0.05) is 0 Å². The van der Waals surface area contributed by atoms with Crippen molar-refractivity contribution in [2.75, 3.05) is 0 Å². The van der Waals surface area contributed by atoms with Crippen molar-refractivity contribution in [2.45, 2.75) is 51.6 Å². The quantitative estimate of drug-likeness (QED) is 0.691. The Kier molecular flexibility index (Phi) is 2.66. The molecule has 0 aromatic rings. The number of carboxylic acid groups (broad SMARTS) is 1. The summed E-state index contributed by atoms with van der Waals surface area (Å²) in [5, 5.41) is 19.3. The standard InChI is InChI=1S/C10H18O3/c1-3-10(13)7-5-4-6-9(10,2)8(11)12/h13H,3-7H2,1-2H3,(H,11,12). The Morgan fingerprint density at radius 1 is 1.38 bits per heavy atom. The molecule has 2 atom stereocenters. The van der Waals surface area contributed by atoms with Crippen LogP contribution < -0.4 is 0 Å². The molecule has 13 heavy (non-hydrogen) atoms. The third-order valence-corrected chi connectivity index (χ3v) is 3.60. The average molecular weight is 186 g/mol. The molecule has 0 aromatic heterocycles. The third-order valence-electron chi connectivity index (χ3n) is 3.60. The largest absolute Gasteiger partial charge is 0.481 e. The van der Waals surface area contributed by atoms with E-state index in [0.717, 1.165) is 12.8 Å². The molecule has 76 valence electrons. The van der Waals surface area contributed by atoms with E-state index in [0.29, 0.717) is 19.3 Å². The molecule has 2 N–H and O–H groups in total. The molecular weight excluding hydrogens is 168 g/mol. The highest BCUT2D eigenvalue weighted by atomic mass is 16.4. The van der Waals surface area contributed by atoms with Gasteiger partial charge in [-0.2, -0.15) is 0 Å². The molecule has 3 heteroatoms.